The average Bonchev–Trinajstić information content (AvgIpc) is 2.95. The molecule has 0 bridgehead atoms. The van der Waals surface area contributed by atoms with Crippen LogP contribution in [-0.2, 0) is 14.3 Å². The van der Waals surface area contributed by atoms with E-state index >= 15 is 0 Å². The van der Waals surface area contributed by atoms with Crippen LogP contribution >= 0.6 is 0 Å². The van der Waals surface area contributed by atoms with E-state index in [9.17, 15) is 9.59 Å². The van der Waals surface area contributed by atoms with E-state index in [1.54, 1.807) is 24.3 Å². The lowest BCUT2D eigenvalue weighted by molar-refractivity contribution is -0.119. The molecule has 1 saturated heterocycles. The normalized spacial score (nSPS) is 17.8. The van der Waals surface area contributed by atoms with Gasteiger partial charge in [0.05, 0.1) is 6.04 Å². The highest BCUT2D eigenvalue weighted by molar-refractivity contribution is 5.96. The Morgan fingerprint density at radius 1 is 1.25 bits per heavy atom. The maximum absolute atomic E-state index is 11.9. The first kappa shape index (κ1) is 14.5. The lowest BCUT2D eigenvalue weighted by atomic mass is 10.2. The second-order valence-corrected chi connectivity index (χ2v) is 4.70. The van der Waals surface area contributed by atoms with E-state index in [2.05, 4.69) is 16.0 Å². The highest BCUT2D eigenvalue weighted by atomic mass is 16.5. The number of carbonyl (C=O) groups is 2. The Hall–Kier alpha value is -1.92. The summed E-state index contributed by atoms with van der Waals surface area (Å²) in [5.74, 6) is -0.224. The molecule has 6 nitrogen and oxygen atoms in total. The zero-order valence-corrected chi connectivity index (χ0v) is 11.4. The van der Waals surface area contributed by atoms with E-state index in [-0.39, 0.29) is 24.5 Å². The molecule has 1 aliphatic rings. The van der Waals surface area contributed by atoms with Crippen LogP contribution in [0.15, 0.2) is 24.3 Å². The predicted molar refractivity (Wildman–Crippen MR) is 76.6 cm³/mol. The van der Waals surface area contributed by atoms with Crippen molar-refractivity contribution in [2.24, 2.45) is 0 Å². The molecule has 0 aliphatic carbocycles. The van der Waals surface area contributed by atoms with Gasteiger partial charge in [-0.1, -0.05) is 0 Å². The molecule has 0 radical (unpaired) electrons. The number of amides is 2. The van der Waals surface area contributed by atoms with Crippen LogP contribution in [0.25, 0.3) is 0 Å². The summed E-state index contributed by atoms with van der Waals surface area (Å²) in [6, 6.07) is 6.90. The number of hydrogen-bond acceptors (Lipinski definition) is 4. The number of carbonyl (C=O) groups excluding carboxylic acids is 2. The first-order chi connectivity index (χ1) is 9.69. The van der Waals surface area contributed by atoms with Crippen LogP contribution < -0.4 is 16.0 Å². The number of rotatable bonds is 5. The molecule has 1 fully saturated rings. The van der Waals surface area contributed by atoms with E-state index in [1.807, 2.05) is 0 Å². The third-order valence-electron chi connectivity index (χ3n) is 3.09. The Balaban J connectivity index is 1.87. The molecule has 1 aromatic rings. The Morgan fingerprint density at radius 3 is 2.45 bits per heavy atom. The first-order valence-electron chi connectivity index (χ1n) is 6.62. The summed E-state index contributed by atoms with van der Waals surface area (Å²) in [6.07, 6.45) is 1.90. The minimum atomic E-state index is -0.209. The highest BCUT2D eigenvalue weighted by Gasteiger charge is 2.21. The molecule has 1 heterocycles. The van der Waals surface area contributed by atoms with E-state index in [0.717, 1.165) is 19.4 Å². The fourth-order valence-electron chi connectivity index (χ4n) is 2.10. The van der Waals surface area contributed by atoms with E-state index in [0.29, 0.717) is 11.4 Å². The van der Waals surface area contributed by atoms with Crippen LogP contribution in [0.2, 0.25) is 0 Å². The number of methoxy groups -OCH3 is 1. The monoisotopic (exact) mass is 277 g/mol. The third-order valence-corrected chi connectivity index (χ3v) is 3.09. The molecule has 1 atom stereocenters. The smallest absolute Gasteiger partial charge is 0.250 e. The Bertz CT molecular complexity index is 467. The molecule has 1 aromatic carbocycles. The first-order valence-corrected chi connectivity index (χ1v) is 6.62. The lowest BCUT2D eigenvalue weighted by Crippen LogP contribution is -2.35. The van der Waals surface area contributed by atoms with Crippen LogP contribution in [0, 0.1) is 0 Å². The molecule has 3 N–H and O–H groups in total. The second-order valence-electron chi connectivity index (χ2n) is 4.70. The minimum absolute atomic E-state index is 0.0151. The van der Waals surface area contributed by atoms with Gasteiger partial charge in [0.2, 0.25) is 11.8 Å². The summed E-state index contributed by atoms with van der Waals surface area (Å²) in [7, 11) is 1.47. The SMILES string of the molecule is COCC(=O)Nc1ccc(NC(=O)[C@H]2CCCN2)cc1. The standard InChI is InChI=1S/C14H19N3O3/c1-20-9-13(18)16-10-4-6-11(7-5-10)17-14(19)12-3-2-8-15-12/h4-7,12,15H,2-3,8-9H2,1H3,(H,16,18)(H,17,19)/t12-/m1/s1. The Labute approximate surface area is 117 Å². The molecule has 0 saturated carbocycles. The van der Waals surface area contributed by atoms with Crippen molar-refractivity contribution in [3.05, 3.63) is 24.3 Å². The van der Waals surface area contributed by atoms with Gasteiger partial charge in [-0.2, -0.15) is 0 Å². The molecule has 2 amide bonds. The minimum Gasteiger partial charge on any atom is -0.375 e. The van der Waals surface area contributed by atoms with Crippen molar-refractivity contribution >= 4 is 23.2 Å². The van der Waals surface area contributed by atoms with E-state index < -0.39 is 0 Å². The van der Waals surface area contributed by atoms with Gasteiger partial charge in [0, 0.05) is 18.5 Å². The van der Waals surface area contributed by atoms with Crippen molar-refractivity contribution in [2.75, 3.05) is 30.9 Å². The van der Waals surface area contributed by atoms with Crippen LogP contribution in [0.4, 0.5) is 11.4 Å². The number of hydrogen-bond donors (Lipinski definition) is 3. The molecule has 0 aromatic heterocycles. The fourth-order valence-corrected chi connectivity index (χ4v) is 2.10. The number of ether oxygens (including phenoxy) is 1. The van der Waals surface area contributed by atoms with Crippen molar-refractivity contribution in [3.8, 4) is 0 Å². The van der Waals surface area contributed by atoms with Gasteiger partial charge in [-0.3, -0.25) is 9.59 Å². The molecular weight excluding hydrogens is 258 g/mol. The second kappa shape index (κ2) is 7.02. The molecule has 6 heteroatoms. The van der Waals surface area contributed by atoms with Gasteiger partial charge < -0.3 is 20.7 Å². The maximum atomic E-state index is 11.9. The van der Waals surface area contributed by atoms with Gasteiger partial charge in [-0.15, -0.1) is 0 Å². The van der Waals surface area contributed by atoms with Crippen LogP contribution in [0.1, 0.15) is 12.8 Å². The third kappa shape index (κ3) is 4.04. The van der Waals surface area contributed by atoms with Gasteiger partial charge in [0.15, 0.2) is 0 Å². The zero-order chi connectivity index (χ0) is 14.4. The van der Waals surface area contributed by atoms with Crippen molar-refractivity contribution in [1.29, 1.82) is 0 Å². The maximum Gasteiger partial charge on any atom is 0.250 e. The number of benzene rings is 1. The largest absolute Gasteiger partial charge is 0.375 e. The number of nitrogens with one attached hydrogen (secondary N) is 3. The molecule has 108 valence electrons. The fraction of sp³-hybridized carbons (Fsp3) is 0.429. The summed E-state index contributed by atoms with van der Waals surface area (Å²) in [6.45, 7) is 0.911. The summed E-state index contributed by atoms with van der Waals surface area (Å²) in [5, 5.41) is 8.69. The highest BCUT2D eigenvalue weighted by Crippen LogP contribution is 2.15. The quantitative estimate of drug-likeness (QED) is 0.749. The van der Waals surface area contributed by atoms with Gasteiger partial charge in [0.25, 0.3) is 0 Å². The van der Waals surface area contributed by atoms with Gasteiger partial charge in [0.1, 0.15) is 6.61 Å². The van der Waals surface area contributed by atoms with E-state index in [1.165, 1.54) is 7.11 Å². The molecule has 20 heavy (non-hydrogen) atoms. The molecular formula is C14H19N3O3. The van der Waals surface area contributed by atoms with Gasteiger partial charge >= 0.3 is 0 Å². The van der Waals surface area contributed by atoms with Gasteiger partial charge in [-0.25, -0.2) is 0 Å². The molecule has 0 unspecified atom stereocenters. The van der Waals surface area contributed by atoms with Crippen LogP contribution in [0.3, 0.4) is 0 Å². The van der Waals surface area contributed by atoms with Crippen molar-refractivity contribution in [3.63, 3.8) is 0 Å². The summed E-state index contributed by atoms with van der Waals surface area (Å²) >= 11 is 0. The lowest BCUT2D eigenvalue weighted by Gasteiger charge is -2.11. The average molecular weight is 277 g/mol. The molecule has 1 aliphatic heterocycles. The van der Waals surface area contributed by atoms with Crippen molar-refractivity contribution in [1.82, 2.24) is 5.32 Å². The topological polar surface area (TPSA) is 79.5 Å². The predicted octanol–water partition coefficient (Wildman–Crippen LogP) is 0.962. The summed E-state index contributed by atoms with van der Waals surface area (Å²) in [4.78, 5) is 23.2. The molecule has 2 rings (SSSR count). The van der Waals surface area contributed by atoms with Gasteiger partial charge in [-0.05, 0) is 43.7 Å². The van der Waals surface area contributed by atoms with Crippen LogP contribution in [-0.4, -0.2) is 38.1 Å². The zero-order valence-electron chi connectivity index (χ0n) is 11.4. The van der Waals surface area contributed by atoms with Crippen molar-refractivity contribution in [2.45, 2.75) is 18.9 Å². The Morgan fingerprint density at radius 2 is 1.90 bits per heavy atom. The van der Waals surface area contributed by atoms with E-state index in [4.69, 9.17) is 4.74 Å². The summed E-state index contributed by atoms with van der Waals surface area (Å²) < 4.78 is 4.73. The number of anilines is 2. The molecule has 0 spiro atoms. The van der Waals surface area contributed by atoms with Crippen LogP contribution in [0.5, 0.6) is 0 Å². The van der Waals surface area contributed by atoms with Crippen molar-refractivity contribution < 1.29 is 14.3 Å². The Kier molecular flexibility index (Phi) is 5.09. The summed E-state index contributed by atoms with van der Waals surface area (Å²) in [5.41, 5.74) is 1.39.